The zero-order chi connectivity index (χ0) is 13.0. The normalized spacial score (nSPS) is 20.8. The van der Waals surface area contributed by atoms with Gasteiger partial charge in [-0.25, -0.2) is 13.1 Å². The first-order valence-electron chi connectivity index (χ1n) is 6.11. The fourth-order valence-electron chi connectivity index (χ4n) is 1.91. The standard InChI is InChI=1S/C11H18N4O2S/c1-9-5-6-11(15-14-9)18(16,17)13-8-10-4-2-3-7-12-10/h5-6,10,12-13H,2-4,7-8H2,1H3. The smallest absolute Gasteiger partial charge is 0.259 e. The van der Waals surface area contributed by atoms with Crippen LogP contribution in [-0.2, 0) is 10.0 Å². The molecule has 0 radical (unpaired) electrons. The van der Waals surface area contributed by atoms with E-state index in [1.54, 1.807) is 13.0 Å². The fraction of sp³-hybridized carbons (Fsp3) is 0.636. The van der Waals surface area contributed by atoms with Crippen molar-refractivity contribution in [1.82, 2.24) is 20.2 Å². The number of piperidine rings is 1. The number of hydrogen-bond donors (Lipinski definition) is 2. The Labute approximate surface area is 107 Å². The van der Waals surface area contributed by atoms with Gasteiger partial charge in [0.1, 0.15) is 0 Å². The Morgan fingerprint density at radius 1 is 1.39 bits per heavy atom. The van der Waals surface area contributed by atoms with Crippen molar-refractivity contribution in [2.45, 2.75) is 37.3 Å². The lowest BCUT2D eigenvalue weighted by molar-refractivity contribution is 0.398. The lowest BCUT2D eigenvalue weighted by Crippen LogP contribution is -2.43. The van der Waals surface area contributed by atoms with E-state index in [9.17, 15) is 8.42 Å². The van der Waals surface area contributed by atoms with Crippen LogP contribution in [0.5, 0.6) is 0 Å². The van der Waals surface area contributed by atoms with E-state index in [2.05, 4.69) is 20.2 Å². The molecule has 7 heteroatoms. The third-order valence-corrected chi connectivity index (χ3v) is 4.30. The highest BCUT2D eigenvalue weighted by Crippen LogP contribution is 2.08. The van der Waals surface area contributed by atoms with Gasteiger partial charge in [0.05, 0.1) is 5.69 Å². The molecule has 6 nitrogen and oxygen atoms in total. The van der Waals surface area contributed by atoms with Crippen molar-refractivity contribution in [3.8, 4) is 0 Å². The van der Waals surface area contributed by atoms with Crippen molar-refractivity contribution in [3.63, 3.8) is 0 Å². The number of hydrogen-bond acceptors (Lipinski definition) is 5. The van der Waals surface area contributed by atoms with Gasteiger partial charge in [-0.3, -0.25) is 0 Å². The summed E-state index contributed by atoms with van der Waals surface area (Å²) in [5, 5.41) is 10.7. The van der Waals surface area contributed by atoms with Gasteiger partial charge in [-0.05, 0) is 38.4 Å². The lowest BCUT2D eigenvalue weighted by Gasteiger charge is -2.23. The first kappa shape index (κ1) is 13.4. The minimum Gasteiger partial charge on any atom is -0.313 e. The Morgan fingerprint density at radius 3 is 2.83 bits per heavy atom. The van der Waals surface area contributed by atoms with Crippen LogP contribution in [0.15, 0.2) is 17.2 Å². The van der Waals surface area contributed by atoms with E-state index in [-0.39, 0.29) is 11.1 Å². The lowest BCUT2D eigenvalue weighted by atomic mass is 10.1. The summed E-state index contributed by atoms with van der Waals surface area (Å²) in [4.78, 5) is 0. The third kappa shape index (κ3) is 3.47. The molecule has 1 fully saturated rings. The zero-order valence-electron chi connectivity index (χ0n) is 10.4. The molecule has 0 spiro atoms. The molecule has 2 N–H and O–H groups in total. The second-order valence-electron chi connectivity index (χ2n) is 4.51. The molecule has 100 valence electrons. The highest BCUT2D eigenvalue weighted by atomic mass is 32.2. The maximum Gasteiger partial charge on any atom is 0.259 e. The van der Waals surface area contributed by atoms with Gasteiger partial charge in [0.15, 0.2) is 5.03 Å². The first-order chi connectivity index (χ1) is 8.58. The van der Waals surface area contributed by atoms with Crippen LogP contribution in [0, 0.1) is 6.92 Å². The molecule has 2 heterocycles. The van der Waals surface area contributed by atoms with Crippen LogP contribution < -0.4 is 10.0 Å². The van der Waals surface area contributed by atoms with Gasteiger partial charge in [-0.1, -0.05) is 6.42 Å². The predicted octanol–water partition coefficient (Wildman–Crippen LogP) is 0.205. The van der Waals surface area contributed by atoms with E-state index in [4.69, 9.17) is 0 Å². The topological polar surface area (TPSA) is 84.0 Å². The highest BCUT2D eigenvalue weighted by molar-refractivity contribution is 7.89. The average Bonchev–Trinajstić information content (AvgIpc) is 2.38. The van der Waals surface area contributed by atoms with Crippen LogP contribution in [0.25, 0.3) is 0 Å². The monoisotopic (exact) mass is 270 g/mol. The Morgan fingerprint density at radius 2 is 2.22 bits per heavy atom. The second kappa shape index (κ2) is 5.73. The van der Waals surface area contributed by atoms with Crippen molar-refractivity contribution in [1.29, 1.82) is 0 Å². The molecule has 0 aliphatic carbocycles. The number of nitrogens with one attached hydrogen (secondary N) is 2. The predicted molar refractivity (Wildman–Crippen MR) is 67.6 cm³/mol. The zero-order valence-corrected chi connectivity index (χ0v) is 11.2. The molecule has 1 aromatic rings. The SMILES string of the molecule is Cc1ccc(S(=O)(=O)NCC2CCCCN2)nn1. The van der Waals surface area contributed by atoms with Crippen LogP contribution in [0.2, 0.25) is 0 Å². The van der Waals surface area contributed by atoms with Crippen LogP contribution in [0.3, 0.4) is 0 Å². The largest absolute Gasteiger partial charge is 0.313 e. The molecule has 18 heavy (non-hydrogen) atoms. The van der Waals surface area contributed by atoms with Gasteiger partial charge in [0.25, 0.3) is 10.0 Å². The van der Waals surface area contributed by atoms with E-state index < -0.39 is 10.0 Å². The van der Waals surface area contributed by atoms with Gasteiger partial charge in [-0.2, -0.15) is 5.10 Å². The highest BCUT2D eigenvalue weighted by Gasteiger charge is 2.19. The summed E-state index contributed by atoms with van der Waals surface area (Å²) in [5.41, 5.74) is 0.697. The average molecular weight is 270 g/mol. The van der Waals surface area contributed by atoms with Crippen molar-refractivity contribution < 1.29 is 8.42 Å². The van der Waals surface area contributed by atoms with E-state index in [0.717, 1.165) is 25.8 Å². The minimum atomic E-state index is -3.54. The Bertz CT molecular complexity index is 480. The summed E-state index contributed by atoms with van der Waals surface area (Å²) >= 11 is 0. The Hall–Kier alpha value is -1.05. The van der Waals surface area contributed by atoms with Crippen molar-refractivity contribution in [2.75, 3.05) is 13.1 Å². The minimum absolute atomic E-state index is 0.0242. The molecule has 0 bridgehead atoms. The number of rotatable bonds is 4. The number of sulfonamides is 1. The van der Waals surface area contributed by atoms with Gasteiger partial charge >= 0.3 is 0 Å². The Kier molecular flexibility index (Phi) is 4.26. The number of aryl methyl sites for hydroxylation is 1. The van der Waals surface area contributed by atoms with Crippen LogP contribution in [-0.4, -0.2) is 37.7 Å². The number of nitrogens with zero attached hydrogens (tertiary/aromatic N) is 2. The third-order valence-electron chi connectivity index (χ3n) is 2.98. The summed E-state index contributed by atoms with van der Waals surface area (Å²) in [6, 6.07) is 3.33. The Balaban J connectivity index is 1.96. The van der Waals surface area contributed by atoms with E-state index >= 15 is 0 Å². The maximum absolute atomic E-state index is 11.9. The van der Waals surface area contributed by atoms with Gasteiger partial charge in [0.2, 0.25) is 0 Å². The van der Waals surface area contributed by atoms with E-state index in [1.165, 1.54) is 6.07 Å². The maximum atomic E-state index is 11.9. The van der Waals surface area contributed by atoms with Crippen LogP contribution in [0.1, 0.15) is 25.0 Å². The van der Waals surface area contributed by atoms with Crippen LogP contribution >= 0.6 is 0 Å². The second-order valence-corrected chi connectivity index (χ2v) is 6.23. The quantitative estimate of drug-likeness (QED) is 0.817. The molecule has 0 saturated carbocycles. The molecular formula is C11H18N4O2S. The summed E-state index contributed by atoms with van der Waals surface area (Å²) in [5.74, 6) is 0. The molecule has 1 atom stereocenters. The first-order valence-corrected chi connectivity index (χ1v) is 7.59. The van der Waals surface area contributed by atoms with E-state index in [0.29, 0.717) is 12.2 Å². The molecule has 1 unspecified atom stereocenters. The summed E-state index contributed by atoms with van der Waals surface area (Å²) in [6.45, 7) is 3.12. The van der Waals surface area contributed by atoms with Crippen LogP contribution in [0.4, 0.5) is 0 Å². The van der Waals surface area contributed by atoms with Crippen molar-refractivity contribution in [3.05, 3.63) is 17.8 Å². The van der Waals surface area contributed by atoms with Gasteiger partial charge < -0.3 is 5.32 Å². The number of aromatic nitrogens is 2. The van der Waals surface area contributed by atoms with Gasteiger partial charge in [0, 0.05) is 12.6 Å². The molecule has 1 saturated heterocycles. The van der Waals surface area contributed by atoms with E-state index in [1.807, 2.05) is 0 Å². The summed E-state index contributed by atoms with van der Waals surface area (Å²) in [7, 11) is -3.54. The van der Waals surface area contributed by atoms with Gasteiger partial charge in [-0.15, -0.1) is 5.10 Å². The van der Waals surface area contributed by atoms with Crippen molar-refractivity contribution in [2.24, 2.45) is 0 Å². The molecule has 1 aromatic heterocycles. The molecule has 1 aliphatic rings. The molecular weight excluding hydrogens is 252 g/mol. The summed E-state index contributed by atoms with van der Waals surface area (Å²) in [6.07, 6.45) is 3.30. The fourth-order valence-corrected chi connectivity index (χ4v) is 2.88. The van der Waals surface area contributed by atoms with Crippen molar-refractivity contribution >= 4 is 10.0 Å². The molecule has 1 aliphatic heterocycles. The molecule has 0 amide bonds. The molecule has 2 rings (SSSR count). The summed E-state index contributed by atoms with van der Waals surface area (Å²) < 4.78 is 26.5. The molecule has 0 aromatic carbocycles.